The van der Waals surface area contributed by atoms with Crippen molar-refractivity contribution in [3.63, 3.8) is 0 Å². The number of allylic oxidation sites excluding steroid dienone is 5. The Morgan fingerprint density at radius 2 is 1.40 bits per heavy atom. The molecule has 1 atom stereocenters. The first-order chi connectivity index (χ1) is 20.4. The zero-order valence-corrected chi connectivity index (χ0v) is 24.1. The van der Waals surface area contributed by atoms with Crippen molar-refractivity contribution in [2.75, 3.05) is 0 Å². The second-order valence-electron chi connectivity index (χ2n) is 11.1. The number of hydrogen-bond acceptors (Lipinski definition) is 5. The molecule has 4 aromatic carbocycles. The Kier molecular flexibility index (Phi) is 8.68. The first-order valence-electron chi connectivity index (χ1n) is 14.3. The third-order valence-electron chi connectivity index (χ3n) is 7.80. The maximum Gasteiger partial charge on any atom is 0.123 e. The highest BCUT2D eigenvalue weighted by Crippen LogP contribution is 2.45. The van der Waals surface area contributed by atoms with Gasteiger partial charge in [0.2, 0.25) is 0 Å². The average molecular weight is 555 g/mol. The standard InChI is InChI=1S/C37H34N2O3/c1-24(2)23-26-19-21-27(22-20-26)36(33-16-10-15-32(37(33)39-42)31-12-7-8-18-35(31)40)29-14-9-13-28(25(29)3)30-11-5-4-6-17-34(30)38-41/h5-22,24,36,40H,4,23H2,1-3H3. The molecule has 4 aromatic rings. The van der Waals surface area contributed by atoms with Crippen molar-refractivity contribution in [1.82, 2.24) is 0 Å². The molecule has 0 saturated carbocycles. The van der Waals surface area contributed by atoms with Gasteiger partial charge in [-0.05, 0) is 81.6 Å². The summed E-state index contributed by atoms with van der Waals surface area (Å²) in [5.41, 5.74) is 8.43. The molecule has 0 fully saturated rings. The number of phenols is 1. The molecule has 1 unspecified atom stereocenters. The Balaban J connectivity index is 1.76. The smallest absolute Gasteiger partial charge is 0.123 e. The van der Waals surface area contributed by atoms with Gasteiger partial charge in [0.05, 0.1) is 0 Å². The molecule has 210 valence electrons. The molecule has 1 N–H and O–H groups in total. The first-order valence-corrected chi connectivity index (χ1v) is 14.3. The van der Waals surface area contributed by atoms with Crippen molar-refractivity contribution >= 4 is 11.3 Å². The maximum atomic E-state index is 12.6. The van der Waals surface area contributed by atoms with Crippen LogP contribution in [-0.4, -0.2) is 5.11 Å². The summed E-state index contributed by atoms with van der Waals surface area (Å²) in [6.45, 7) is 6.45. The van der Waals surface area contributed by atoms with Crippen molar-refractivity contribution in [3.05, 3.63) is 158 Å². The highest BCUT2D eigenvalue weighted by atomic mass is 16.3. The van der Waals surface area contributed by atoms with E-state index in [2.05, 4.69) is 54.5 Å². The van der Waals surface area contributed by atoms with Gasteiger partial charge >= 0.3 is 0 Å². The predicted octanol–water partition coefficient (Wildman–Crippen LogP) is 10.1. The summed E-state index contributed by atoms with van der Waals surface area (Å²) in [7, 11) is 0. The fourth-order valence-electron chi connectivity index (χ4n) is 5.84. The van der Waals surface area contributed by atoms with E-state index in [4.69, 9.17) is 0 Å². The number of hydrogen-bond donors (Lipinski definition) is 1. The lowest BCUT2D eigenvalue weighted by molar-refractivity contribution is 0.477. The van der Waals surface area contributed by atoms with E-state index >= 15 is 0 Å². The summed E-state index contributed by atoms with van der Waals surface area (Å²) in [6, 6.07) is 27.2. The molecule has 1 aliphatic rings. The summed E-state index contributed by atoms with van der Waals surface area (Å²) < 4.78 is 0. The van der Waals surface area contributed by atoms with Crippen molar-refractivity contribution in [2.24, 2.45) is 16.3 Å². The van der Waals surface area contributed by atoms with Crippen LogP contribution in [-0.2, 0) is 6.42 Å². The van der Waals surface area contributed by atoms with Gasteiger partial charge in [0.1, 0.15) is 17.1 Å². The fraction of sp³-hybridized carbons (Fsp3) is 0.189. The second-order valence-corrected chi connectivity index (χ2v) is 11.1. The molecule has 0 spiro atoms. The number of phenolic OH excluding ortho intramolecular Hbond substituents is 1. The summed E-state index contributed by atoms with van der Waals surface area (Å²) in [5.74, 6) is 0.277. The summed E-state index contributed by atoms with van der Waals surface area (Å²) >= 11 is 0. The quantitative estimate of drug-likeness (QED) is 0.165. The van der Waals surface area contributed by atoms with Crippen LogP contribution < -0.4 is 0 Å². The van der Waals surface area contributed by atoms with E-state index < -0.39 is 0 Å². The van der Waals surface area contributed by atoms with Gasteiger partial charge in [-0.25, -0.2) is 0 Å². The van der Waals surface area contributed by atoms with Gasteiger partial charge in [0.25, 0.3) is 0 Å². The Labute approximate surface area is 246 Å². The fourth-order valence-corrected chi connectivity index (χ4v) is 5.84. The molecule has 0 aliphatic heterocycles. The van der Waals surface area contributed by atoms with Gasteiger partial charge in [0.15, 0.2) is 0 Å². The molecule has 5 heteroatoms. The van der Waals surface area contributed by atoms with Gasteiger partial charge in [-0.3, -0.25) is 0 Å². The molecular weight excluding hydrogens is 520 g/mol. The number of nitrogens with zero attached hydrogens (tertiary/aromatic N) is 2. The number of rotatable bonds is 9. The lowest BCUT2D eigenvalue weighted by Gasteiger charge is -2.25. The minimum atomic E-state index is -0.338. The van der Waals surface area contributed by atoms with E-state index in [1.54, 1.807) is 24.3 Å². The van der Waals surface area contributed by atoms with Crippen LogP contribution in [0, 0.1) is 22.7 Å². The topological polar surface area (TPSA) is 79.1 Å². The Bertz CT molecular complexity index is 1710. The normalized spacial score (nSPS) is 13.7. The van der Waals surface area contributed by atoms with Gasteiger partial charge in [-0.1, -0.05) is 111 Å². The van der Waals surface area contributed by atoms with Crippen LogP contribution in [0.2, 0.25) is 0 Å². The molecule has 5 nitrogen and oxygen atoms in total. The van der Waals surface area contributed by atoms with E-state index in [1.165, 1.54) is 5.56 Å². The molecule has 42 heavy (non-hydrogen) atoms. The second kappa shape index (κ2) is 12.7. The Morgan fingerprint density at radius 1 is 0.738 bits per heavy atom. The lowest BCUT2D eigenvalue weighted by Crippen LogP contribution is -2.08. The summed E-state index contributed by atoms with van der Waals surface area (Å²) in [5, 5.41) is 17.5. The van der Waals surface area contributed by atoms with Crippen LogP contribution in [0.15, 0.2) is 125 Å². The van der Waals surface area contributed by atoms with Crippen molar-refractivity contribution in [1.29, 1.82) is 0 Å². The molecule has 1 aliphatic carbocycles. The minimum Gasteiger partial charge on any atom is -0.507 e. The largest absolute Gasteiger partial charge is 0.507 e. The molecule has 5 rings (SSSR count). The highest BCUT2D eigenvalue weighted by Gasteiger charge is 2.26. The minimum absolute atomic E-state index is 0.0846. The van der Waals surface area contributed by atoms with Gasteiger partial charge < -0.3 is 5.11 Å². The Morgan fingerprint density at radius 3 is 2.10 bits per heavy atom. The van der Waals surface area contributed by atoms with Crippen LogP contribution in [0.25, 0.3) is 16.7 Å². The molecule has 0 aromatic heterocycles. The molecule has 0 heterocycles. The number of nitroso groups, excluding NO2 is 2. The summed E-state index contributed by atoms with van der Waals surface area (Å²) in [4.78, 5) is 24.4. The molecular formula is C37H34N2O3. The predicted molar refractivity (Wildman–Crippen MR) is 172 cm³/mol. The van der Waals surface area contributed by atoms with Crippen molar-refractivity contribution in [3.8, 4) is 16.9 Å². The first kappa shape index (κ1) is 28.6. The van der Waals surface area contributed by atoms with Crippen molar-refractivity contribution < 1.29 is 5.11 Å². The number of para-hydroxylation sites is 1. The number of benzene rings is 4. The molecule has 0 radical (unpaired) electrons. The molecule has 0 saturated heterocycles. The van der Waals surface area contributed by atoms with E-state index in [0.29, 0.717) is 22.7 Å². The maximum absolute atomic E-state index is 12.6. The number of aromatic hydroxyl groups is 1. The van der Waals surface area contributed by atoms with E-state index in [-0.39, 0.29) is 17.4 Å². The van der Waals surface area contributed by atoms with Crippen LogP contribution in [0.1, 0.15) is 59.6 Å². The monoisotopic (exact) mass is 554 g/mol. The zero-order valence-electron chi connectivity index (χ0n) is 24.1. The van der Waals surface area contributed by atoms with Crippen LogP contribution >= 0.6 is 0 Å². The lowest BCUT2D eigenvalue weighted by atomic mass is 9.79. The van der Waals surface area contributed by atoms with E-state index in [9.17, 15) is 14.9 Å². The molecule has 0 bridgehead atoms. The van der Waals surface area contributed by atoms with Gasteiger partial charge in [-0.2, -0.15) is 0 Å². The summed E-state index contributed by atoms with van der Waals surface area (Å²) in [6.07, 6.45) is 9.36. The van der Waals surface area contributed by atoms with Crippen molar-refractivity contribution in [2.45, 2.75) is 39.5 Å². The Hall–Kier alpha value is -4.90. The van der Waals surface area contributed by atoms with Crippen LogP contribution in [0.4, 0.5) is 5.69 Å². The zero-order chi connectivity index (χ0) is 29.6. The van der Waals surface area contributed by atoms with Gasteiger partial charge in [0, 0.05) is 22.6 Å². The average Bonchev–Trinajstić information content (AvgIpc) is 3.24. The van der Waals surface area contributed by atoms with E-state index in [0.717, 1.165) is 46.2 Å². The third kappa shape index (κ3) is 5.77. The SMILES string of the molecule is Cc1c(C2=C(N=O)C=CCC=C2)cccc1C(c1ccc(CC(C)C)cc1)c1cccc(-c2ccccc2O)c1N=O. The highest BCUT2D eigenvalue weighted by molar-refractivity contribution is 5.84. The van der Waals surface area contributed by atoms with Gasteiger partial charge in [-0.15, -0.1) is 9.81 Å². The third-order valence-corrected chi connectivity index (χ3v) is 7.80. The van der Waals surface area contributed by atoms with Crippen LogP contribution in [0.3, 0.4) is 0 Å². The van der Waals surface area contributed by atoms with E-state index in [1.807, 2.05) is 61.5 Å². The molecule has 0 amide bonds. The van der Waals surface area contributed by atoms with Crippen LogP contribution in [0.5, 0.6) is 5.75 Å².